The van der Waals surface area contributed by atoms with Crippen molar-refractivity contribution in [2.75, 3.05) is 6.54 Å². The molecule has 0 aliphatic heterocycles. The third kappa shape index (κ3) is 4.48. The molecule has 0 fully saturated rings. The van der Waals surface area contributed by atoms with Crippen LogP contribution in [0.5, 0.6) is 0 Å². The number of halogens is 2. The zero-order valence-electron chi connectivity index (χ0n) is 10.5. The molecule has 18 heavy (non-hydrogen) atoms. The van der Waals surface area contributed by atoms with E-state index in [2.05, 4.69) is 0 Å². The van der Waals surface area contributed by atoms with Crippen LogP contribution < -0.4 is 0 Å². The maximum Gasteiger partial charge on any atom is 0.304 e. The van der Waals surface area contributed by atoms with Crippen molar-refractivity contribution in [1.29, 1.82) is 0 Å². The Kier molecular flexibility index (Phi) is 5.93. The molecule has 1 aromatic carbocycles. The Hall–Kier alpha value is -0.770. The van der Waals surface area contributed by atoms with E-state index >= 15 is 0 Å². The lowest BCUT2D eigenvalue weighted by Gasteiger charge is -2.26. The molecule has 3 nitrogen and oxygen atoms in total. The van der Waals surface area contributed by atoms with Gasteiger partial charge in [-0.1, -0.05) is 29.3 Å². The van der Waals surface area contributed by atoms with E-state index in [1.165, 1.54) is 0 Å². The molecule has 0 amide bonds. The topological polar surface area (TPSA) is 40.5 Å². The monoisotopic (exact) mass is 289 g/mol. The fraction of sp³-hybridized carbons (Fsp3) is 0.462. The Balaban J connectivity index is 2.80. The van der Waals surface area contributed by atoms with Gasteiger partial charge in [0.05, 0.1) is 6.42 Å². The summed E-state index contributed by atoms with van der Waals surface area (Å²) < 4.78 is 0. The van der Waals surface area contributed by atoms with Crippen LogP contribution in [-0.4, -0.2) is 28.6 Å². The molecule has 1 rings (SSSR count). The molecule has 100 valence electrons. The SMILES string of the molecule is CC(C)N(CCC(=O)O)Cc1c(Cl)cccc1Cl. The Morgan fingerprint density at radius 1 is 1.33 bits per heavy atom. The van der Waals surface area contributed by atoms with Gasteiger partial charge in [0.2, 0.25) is 0 Å². The first-order chi connectivity index (χ1) is 8.41. The summed E-state index contributed by atoms with van der Waals surface area (Å²) in [4.78, 5) is 12.7. The van der Waals surface area contributed by atoms with E-state index in [9.17, 15) is 4.79 Å². The van der Waals surface area contributed by atoms with Crippen LogP contribution in [-0.2, 0) is 11.3 Å². The van der Waals surface area contributed by atoms with Gasteiger partial charge in [0.15, 0.2) is 0 Å². The molecular formula is C13H17Cl2NO2. The number of benzene rings is 1. The summed E-state index contributed by atoms with van der Waals surface area (Å²) in [5.74, 6) is -0.800. The van der Waals surface area contributed by atoms with Crippen LogP contribution in [0.1, 0.15) is 25.8 Å². The summed E-state index contributed by atoms with van der Waals surface area (Å²) in [6.45, 7) is 5.08. The zero-order chi connectivity index (χ0) is 13.7. The Morgan fingerprint density at radius 3 is 2.33 bits per heavy atom. The van der Waals surface area contributed by atoms with Crippen LogP contribution in [0.4, 0.5) is 0 Å². The van der Waals surface area contributed by atoms with Gasteiger partial charge in [0, 0.05) is 34.7 Å². The minimum Gasteiger partial charge on any atom is -0.481 e. The molecule has 5 heteroatoms. The first kappa shape index (κ1) is 15.3. The van der Waals surface area contributed by atoms with Crippen molar-refractivity contribution < 1.29 is 9.90 Å². The van der Waals surface area contributed by atoms with E-state index < -0.39 is 5.97 Å². The average molecular weight is 290 g/mol. The maximum atomic E-state index is 10.6. The molecule has 0 heterocycles. The van der Waals surface area contributed by atoms with Gasteiger partial charge in [0.25, 0.3) is 0 Å². The van der Waals surface area contributed by atoms with Gasteiger partial charge in [-0.2, -0.15) is 0 Å². The summed E-state index contributed by atoms with van der Waals surface area (Å²) in [5.41, 5.74) is 0.847. The second-order valence-corrected chi connectivity index (χ2v) is 5.22. The summed E-state index contributed by atoms with van der Waals surface area (Å²) in [5, 5.41) is 9.97. The predicted octanol–water partition coefficient (Wildman–Crippen LogP) is 3.68. The molecule has 1 aromatic rings. The fourth-order valence-electron chi connectivity index (χ4n) is 1.65. The Morgan fingerprint density at radius 2 is 1.89 bits per heavy atom. The highest BCUT2D eigenvalue weighted by molar-refractivity contribution is 6.35. The highest BCUT2D eigenvalue weighted by Gasteiger charge is 2.15. The number of carbonyl (C=O) groups is 1. The van der Waals surface area contributed by atoms with Crippen molar-refractivity contribution in [3.8, 4) is 0 Å². The van der Waals surface area contributed by atoms with Crippen molar-refractivity contribution in [3.05, 3.63) is 33.8 Å². The molecule has 0 aliphatic rings. The first-order valence-electron chi connectivity index (χ1n) is 5.80. The van der Waals surface area contributed by atoms with Crippen LogP contribution in [0, 0.1) is 0 Å². The van der Waals surface area contributed by atoms with Crippen molar-refractivity contribution in [3.63, 3.8) is 0 Å². The van der Waals surface area contributed by atoms with E-state index in [1.54, 1.807) is 18.2 Å². The van der Waals surface area contributed by atoms with Gasteiger partial charge >= 0.3 is 5.97 Å². The highest BCUT2D eigenvalue weighted by Crippen LogP contribution is 2.26. The smallest absolute Gasteiger partial charge is 0.304 e. The molecule has 0 saturated heterocycles. The molecule has 0 bridgehead atoms. The lowest BCUT2D eigenvalue weighted by molar-refractivity contribution is -0.137. The van der Waals surface area contributed by atoms with Crippen LogP contribution in [0.25, 0.3) is 0 Å². The van der Waals surface area contributed by atoms with E-state index in [0.29, 0.717) is 23.1 Å². The number of hydrogen-bond donors (Lipinski definition) is 1. The van der Waals surface area contributed by atoms with Crippen LogP contribution in [0.3, 0.4) is 0 Å². The Bertz CT molecular complexity index is 401. The third-order valence-corrected chi connectivity index (χ3v) is 3.47. The molecule has 0 radical (unpaired) electrons. The summed E-state index contributed by atoms with van der Waals surface area (Å²) >= 11 is 12.2. The number of rotatable bonds is 6. The predicted molar refractivity (Wildman–Crippen MR) is 74.3 cm³/mol. The second kappa shape index (κ2) is 6.98. The number of hydrogen-bond acceptors (Lipinski definition) is 2. The van der Waals surface area contributed by atoms with Crippen molar-refractivity contribution >= 4 is 29.2 Å². The number of nitrogens with zero attached hydrogens (tertiary/aromatic N) is 1. The normalized spacial score (nSPS) is 11.2. The van der Waals surface area contributed by atoms with E-state index in [0.717, 1.165) is 5.56 Å². The highest BCUT2D eigenvalue weighted by atomic mass is 35.5. The third-order valence-electron chi connectivity index (χ3n) is 2.77. The quantitative estimate of drug-likeness (QED) is 0.868. The standard InChI is InChI=1S/C13H17Cl2NO2/c1-9(2)16(7-6-13(17)18)8-10-11(14)4-3-5-12(10)15/h3-5,9H,6-8H2,1-2H3,(H,17,18). The van der Waals surface area contributed by atoms with Crippen LogP contribution >= 0.6 is 23.2 Å². The minimum atomic E-state index is -0.800. The zero-order valence-corrected chi connectivity index (χ0v) is 12.0. The van der Waals surface area contributed by atoms with Crippen LogP contribution in [0.2, 0.25) is 10.0 Å². The maximum absolute atomic E-state index is 10.6. The molecule has 0 aromatic heterocycles. The minimum absolute atomic E-state index is 0.111. The van der Waals surface area contributed by atoms with Gasteiger partial charge in [-0.15, -0.1) is 0 Å². The van der Waals surface area contributed by atoms with E-state index in [4.69, 9.17) is 28.3 Å². The lowest BCUT2D eigenvalue weighted by Crippen LogP contribution is -2.32. The number of aliphatic carboxylic acids is 1. The molecule has 1 N–H and O–H groups in total. The number of carboxylic acid groups (broad SMARTS) is 1. The number of carboxylic acids is 1. The molecular weight excluding hydrogens is 273 g/mol. The van der Waals surface area contributed by atoms with Gasteiger partial charge in [-0.05, 0) is 26.0 Å². The van der Waals surface area contributed by atoms with Gasteiger partial charge in [-0.25, -0.2) is 0 Å². The van der Waals surface area contributed by atoms with E-state index in [-0.39, 0.29) is 12.5 Å². The molecule has 0 spiro atoms. The van der Waals surface area contributed by atoms with Crippen LogP contribution in [0.15, 0.2) is 18.2 Å². The van der Waals surface area contributed by atoms with Crippen molar-refractivity contribution in [2.45, 2.75) is 32.9 Å². The van der Waals surface area contributed by atoms with E-state index in [1.807, 2.05) is 18.7 Å². The van der Waals surface area contributed by atoms with Gasteiger partial charge < -0.3 is 5.11 Å². The Labute approximate surface area is 117 Å². The largest absolute Gasteiger partial charge is 0.481 e. The van der Waals surface area contributed by atoms with Crippen molar-refractivity contribution in [1.82, 2.24) is 4.90 Å². The lowest BCUT2D eigenvalue weighted by atomic mass is 10.1. The van der Waals surface area contributed by atoms with Crippen molar-refractivity contribution in [2.24, 2.45) is 0 Å². The molecule has 0 unspecified atom stereocenters. The fourth-order valence-corrected chi connectivity index (χ4v) is 2.16. The van der Waals surface area contributed by atoms with Gasteiger partial charge in [-0.3, -0.25) is 9.69 Å². The molecule has 0 saturated carbocycles. The first-order valence-corrected chi connectivity index (χ1v) is 6.56. The summed E-state index contributed by atoms with van der Waals surface area (Å²) in [7, 11) is 0. The van der Waals surface area contributed by atoms with Gasteiger partial charge in [0.1, 0.15) is 0 Å². The molecule has 0 atom stereocenters. The summed E-state index contributed by atoms with van der Waals surface area (Å²) in [6.07, 6.45) is 0.111. The average Bonchev–Trinajstić information content (AvgIpc) is 2.26. The molecule has 0 aliphatic carbocycles. The summed E-state index contributed by atoms with van der Waals surface area (Å²) in [6, 6.07) is 5.61. The second-order valence-electron chi connectivity index (χ2n) is 4.41.